The van der Waals surface area contributed by atoms with E-state index in [-0.39, 0.29) is 11.4 Å². The summed E-state index contributed by atoms with van der Waals surface area (Å²) in [4.78, 5) is 0. The molecular formula is C8H9F3N2O3S. The van der Waals surface area contributed by atoms with Crippen molar-refractivity contribution in [3.05, 3.63) is 24.3 Å². The third-order valence-electron chi connectivity index (χ3n) is 1.51. The summed E-state index contributed by atoms with van der Waals surface area (Å²) >= 11 is 0. The van der Waals surface area contributed by atoms with Crippen LogP contribution in [0.5, 0.6) is 0 Å². The van der Waals surface area contributed by atoms with Crippen LogP contribution in [0.25, 0.3) is 0 Å². The number of nitrogens with two attached hydrogens (primary N) is 1. The maximum Gasteiger partial charge on any atom is 0.413 e. The van der Waals surface area contributed by atoms with E-state index in [9.17, 15) is 21.6 Å². The quantitative estimate of drug-likeness (QED) is 0.812. The van der Waals surface area contributed by atoms with Gasteiger partial charge in [0.1, 0.15) is 0 Å². The van der Waals surface area contributed by atoms with Crippen LogP contribution in [0.15, 0.2) is 24.3 Å². The van der Waals surface area contributed by atoms with Crippen LogP contribution in [-0.2, 0) is 14.5 Å². The molecule has 17 heavy (non-hydrogen) atoms. The lowest BCUT2D eigenvalue weighted by Gasteiger charge is -2.10. The van der Waals surface area contributed by atoms with Crippen molar-refractivity contribution in [1.29, 1.82) is 0 Å². The number of nitrogen functional groups attached to an aromatic ring is 1. The van der Waals surface area contributed by atoms with Crippen LogP contribution in [0, 0.1) is 0 Å². The van der Waals surface area contributed by atoms with Crippen molar-refractivity contribution in [2.75, 3.05) is 17.1 Å². The standard InChI is InChI=1S/C8H9F3N2O3S/c9-8(10,11)5-16-17(14,15)13-7-3-1-2-6(12)4-7/h1-4,13H,5,12H2. The number of nitrogens with one attached hydrogen (secondary N) is 1. The van der Waals surface area contributed by atoms with Gasteiger partial charge in [-0.2, -0.15) is 21.6 Å². The van der Waals surface area contributed by atoms with Gasteiger partial charge in [-0.05, 0) is 18.2 Å². The Morgan fingerprint density at radius 3 is 2.53 bits per heavy atom. The number of anilines is 2. The fraction of sp³-hybridized carbons (Fsp3) is 0.250. The maximum absolute atomic E-state index is 11.8. The zero-order valence-electron chi connectivity index (χ0n) is 8.36. The van der Waals surface area contributed by atoms with Crippen molar-refractivity contribution in [2.45, 2.75) is 6.18 Å². The fourth-order valence-corrected chi connectivity index (χ4v) is 1.68. The molecule has 0 aliphatic carbocycles. The molecule has 0 aliphatic rings. The van der Waals surface area contributed by atoms with Gasteiger partial charge in [-0.25, -0.2) is 4.18 Å². The molecule has 1 aromatic carbocycles. The Morgan fingerprint density at radius 1 is 1.35 bits per heavy atom. The molecule has 0 spiro atoms. The molecule has 96 valence electrons. The molecule has 0 fully saturated rings. The molecule has 1 rings (SSSR count). The summed E-state index contributed by atoms with van der Waals surface area (Å²) in [5.74, 6) is 0. The summed E-state index contributed by atoms with van der Waals surface area (Å²) in [5.41, 5.74) is 5.65. The summed E-state index contributed by atoms with van der Waals surface area (Å²) in [5, 5.41) is 0. The minimum Gasteiger partial charge on any atom is -0.399 e. The summed E-state index contributed by atoms with van der Waals surface area (Å²) in [6.07, 6.45) is -4.72. The molecule has 0 saturated carbocycles. The first-order chi connectivity index (χ1) is 7.68. The third kappa shape index (κ3) is 5.41. The average molecular weight is 270 g/mol. The minimum atomic E-state index is -4.72. The molecule has 0 bridgehead atoms. The maximum atomic E-state index is 11.8. The number of rotatable bonds is 4. The molecule has 0 amide bonds. The average Bonchev–Trinajstić information content (AvgIpc) is 2.13. The second-order valence-electron chi connectivity index (χ2n) is 3.06. The van der Waals surface area contributed by atoms with Gasteiger partial charge in [0.15, 0.2) is 6.61 Å². The topological polar surface area (TPSA) is 81.4 Å². The van der Waals surface area contributed by atoms with Gasteiger partial charge in [-0.3, -0.25) is 4.72 Å². The number of hydrogen-bond donors (Lipinski definition) is 2. The number of halogens is 3. The van der Waals surface area contributed by atoms with Gasteiger partial charge >= 0.3 is 16.5 Å². The first-order valence-corrected chi connectivity index (χ1v) is 5.68. The molecule has 1 aromatic rings. The van der Waals surface area contributed by atoms with Crippen LogP contribution < -0.4 is 10.5 Å². The smallest absolute Gasteiger partial charge is 0.399 e. The molecule has 0 radical (unpaired) electrons. The first kappa shape index (κ1) is 13.6. The second kappa shape index (κ2) is 4.80. The second-order valence-corrected chi connectivity index (χ2v) is 4.41. The largest absolute Gasteiger partial charge is 0.413 e. The Kier molecular flexibility index (Phi) is 3.83. The Morgan fingerprint density at radius 2 is 2.00 bits per heavy atom. The molecule has 0 atom stereocenters. The molecule has 0 aliphatic heterocycles. The van der Waals surface area contributed by atoms with E-state index in [0.717, 1.165) is 0 Å². The Labute approximate surface area is 95.6 Å². The van der Waals surface area contributed by atoms with Crippen LogP contribution in [0.2, 0.25) is 0 Å². The predicted molar refractivity (Wildman–Crippen MR) is 55.4 cm³/mol. The van der Waals surface area contributed by atoms with Gasteiger partial charge in [-0.15, -0.1) is 0 Å². The highest BCUT2D eigenvalue weighted by atomic mass is 32.2. The number of alkyl halides is 3. The van der Waals surface area contributed by atoms with Gasteiger partial charge in [0.05, 0.1) is 5.69 Å². The normalized spacial score (nSPS) is 12.4. The van der Waals surface area contributed by atoms with Crippen LogP contribution in [0.4, 0.5) is 24.5 Å². The Bertz CT molecular complexity index is 487. The SMILES string of the molecule is Nc1cccc(NS(=O)(=O)OCC(F)(F)F)c1. The van der Waals surface area contributed by atoms with E-state index in [0.29, 0.717) is 0 Å². The molecule has 0 saturated heterocycles. The van der Waals surface area contributed by atoms with Gasteiger partial charge in [0.25, 0.3) is 0 Å². The Hall–Kier alpha value is -1.48. The predicted octanol–water partition coefficient (Wildman–Crippen LogP) is 1.50. The first-order valence-electron chi connectivity index (χ1n) is 4.27. The highest BCUT2D eigenvalue weighted by Gasteiger charge is 2.30. The lowest BCUT2D eigenvalue weighted by atomic mass is 10.3. The highest BCUT2D eigenvalue weighted by molar-refractivity contribution is 7.88. The van der Waals surface area contributed by atoms with E-state index < -0.39 is 23.1 Å². The molecule has 9 heteroatoms. The van der Waals surface area contributed by atoms with Gasteiger partial charge < -0.3 is 5.73 Å². The molecular weight excluding hydrogens is 261 g/mol. The zero-order valence-corrected chi connectivity index (χ0v) is 9.18. The Balaban J connectivity index is 2.67. The monoisotopic (exact) mass is 270 g/mol. The molecule has 5 nitrogen and oxygen atoms in total. The van der Waals surface area contributed by atoms with Gasteiger partial charge in [-0.1, -0.05) is 6.07 Å². The molecule has 3 N–H and O–H groups in total. The van der Waals surface area contributed by atoms with Crippen molar-refractivity contribution in [2.24, 2.45) is 0 Å². The van der Waals surface area contributed by atoms with Gasteiger partial charge in [0.2, 0.25) is 0 Å². The summed E-state index contributed by atoms with van der Waals surface area (Å²) in [6, 6.07) is 5.50. The van der Waals surface area contributed by atoms with E-state index in [1.54, 1.807) is 4.72 Å². The van der Waals surface area contributed by atoms with E-state index in [1.807, 2.05) is 0 Å². The number of hydrogen-bond acceptors (Lipinski definition) is 4. The van der Waals surface area contributed by atoms with Crippen LogP contribution >= 0.6 is 0 Å². The van der Waals surface area contributed by atoms with Crippen LogP contribution in [0.1, 0.15) is 0 Å². The van der Waals surface area contributed by atoms with Crippen molar-refractivity contribution in [3.8, 4) is 0 Å². The summed E-state index contributed by atoms with van der Waals surface area (Å²) in [6.45, 7) is -1.88. The third-order valence-corrected chi connectivity index (χ3v) is 2.42. The van der Waals surface area contributed by atoms with Crippen molar-refractivity contribution >= 4 is 21.7 Å². The summed E-state index contributed by atoms with van der Waals surface area (Å²) in [7, 11) is -4.51. The van der Waals surface area contributed by atoms with E-state index >= 15 is 0 Å². The number of benzene rings is 1. The molecule has 0 heterocycles. The van der Waals surface area contributed by atoms with E-state index in [4.69, 9.17) is 5.73 Å². The lowest BCUT2D eigenvalue weighted by Crippen LogP contribution is -2.24. The van der Waals surface area contributed by atoms with Crippen molar-refractivity contribution < 1.29 is 25.8 Å². The zero-order chi connectivity index (χ0) is 13.1. The summed E-state index contributed by atoms with van der Waals surface area (Å²) < 4.78 is 63.0. The fourth-order valence-electron chi connectivity index (χ4n) is 0.920. The minimum absolute atomic E-state index is 0.0205. The van der Waals surface area contributed by atoms with Crippen molar-refractivity contribution in [3.63, 3.8) is 0 Å². The van der Waals surface area contributed by atoms with Crippen LogP contribution in [-0.4, -0.2) is 21.2 Å². The van der Waals surface area contributed by atoms with Crippen molar-refractivity contribution in [1.82, 2.24) is 0 Å². The highest BCUT2D eigenvalue weighted by Crippen LogP contribution is 2.18. The molecule has 0 unspecified atom stereocenters. The lowest BCUT2D eigenvalue weighted by molar-refractivity contribution is -0.152. The molecule has 0 aromatic heterocycles. The van der Waals surface area contributed by atoms with Crippen LogP contribution in [0.3, 0.4) is 0 Å². The van der Waals surface area contributed by atoms with E-state index in [1.165, 1.54) is 24.3 Å². The van der Waals surface area contributed by atoms with Gasteiger partial charge in [0, 0.05) is 5.69 Å². The van der Waals surface area contributed by atoms with E-state index in [2.05, 4.69) is 4.18 Å².